The lowest BCUT2D eigenvalue weighted by atomic mass is 10.2. The van der Waals surface area contributed by atoms with E-state index in [4.69, 9.17) is 4.42 Å². The summed E-state index contributed by atoms with van der Waals surface area (Å²) in [7, 11) is 0. The highest BCUT2D eigenvalue weighted by Gasteiger charge is 2.26. The monoisotopic (exact) mass is 338 g/mol. The van der Waals surface area contributed by atoms with Crippen LogP contribution in [0.15, 0.2) is 53.3 Å². The van der Waals surface area contributed by atoms with Gasteiger partial charge in [-0.3, -0.25) is 14.3 Å². The van der Waals surface area contributed by atoms with Crippen LogP contribution in [0.25, 0.3) is 10.9 Å². The number of benzene rings is 1. The Bertz CT molecular complexity index is 892. The average Bonchev–Trinajstić information content (AvgIpc) is 3.32. The molecule has 1 aromatic carbocycles. The predicted octanol–water partition coefficient (Wildman–Crippen LogP) is 1.61. The van der Waals surface area contributed by atoms with E-state index in [1.165, 1.54) is 6.26 Å². The van der Waals surface area contributed by atoms with Crippen molar-refractivity contribution in [3.05, 3.63) is 54.6 Å². The summed E-state index contributed by atoms with van der Waals surface area (Å²) in [4.78, 5) is 28.3. The normalized spacial score (nSPS) is 14.9. The standard InChI is InChI=1S/C18H18N4O3/c23-17(13-22-15-5-2-1-4-14(15)12-19-22)20-7-9-21(10-8-20)18(24)16-6-3-11-25-16/h1-6,11-12H,7-10,13H2. The summed E-state index contributed by atoms with van der Waals surface area (Å²) in [6.07, 6.45) is 3.25. The molecular formula is C18H18N4O3. The van der Waals surface area contributed by atoms with Crippen molar-refractivity contribution in [3.63, 3.8) is 0 Å². The molecule has 3 aromatic rings. The Morgan fingerprint density at radius 1 is 1.00 bits per heavy atom. The Labute approximate surface area is 144 Å². The number of piperazine rings is 1. The number of aromatic nitrogens is 2. The second kappa shape index (κ2) is 6.43. The SMILES string of the molecule is O=C(Cn1ncc2ccccc21)N1CCN(C(=O)c2ccco2)CC1. The van der Waals surface area contributed by atoms with Crippen LogP contribution in [0.2, 0.25) is 0 Å². The molecule has 1 saturated heterocycles. The number of fused-ring (bicyclic) bond motifs is 1. The van der Waals surface area contributed by atoms with Gasteiger partial charge in [-0.25, -0.2) is 0 Å². The van der Waals surface area contributed by atoms with Crippen LogP contribution in [0.1, 0.15) is 10.6 Å². The molecule has 0 atom stereocenters. The van der Waals surface area contributed by atoms with Gasteiger partial charge in [-0.15, -0.1) is 0 Å². The number of carbonyl (C=O) groups excluding carboxylic acids is 2. The molecule has 0 bridgehead atoms. The Hall–Kier alpha value is -3.09. The molecule has 0 unspecified atom stereocenters. The van der Waals surface area contributed by atoms with Gasteiger partial charge in [0, 0.05) is 31.6 Å². The van der Waals surface area contributed by atoms with E-state index in [-0.39, 0.29) is 18.4 Å². The number of amides is 2. The summed E-state index contributed by atoms with van der Waals surface area (Å²) in [5, 5.41) is 5.32. The molecule has 0 saturated carbocycles. The average molecular weight is 338 g/mol. The van der Waals surface area contributed by atoms with E-state index < -0.39 is 0 Å². The van der Waals surface area contributed by atoms with Gasteiger partial charge in [-0.2, -0.15) is 5.10 Å². The van der Waals surface area contributed by atoms with Gasteiger partial charge in [0.15, 0.2) is 5.76 Å². The number of hydrogen-bond donors (Lipinski definition) is 0. The summed E-state index contributed by atoms with van der Waals surface area (Å²) < 4.78 is 6.87. The van der Waals surface area contributed by atoms with Crippen molar-refractivity contribution in [3.8, 4) is 0 Å². The zero-order valence-corrected chi connectivity index (χ0v) is 13.7. The molecule has 2 amide bonds. The van der Waals surface area contributed by atoms with Crippen LogP contribution in [-0.4, -0.2) is 57.6 Å². The molecule has 4 rings (SSSR count). The largest absolute Gasteiger partial charge is 0.459 e. The lowest BCUT2D eigenvalue weighted by Crippen LogP contribution is -2.51. The zero-order chi connectivity index (χ0) is 17.2. The van der Waals surface area contributed by atoms with Gasteiger partial charge in [0.25, 0.3) is 5.91 Å². The molecular weight excluding hydrogens is 320 g/mol. The maximum Gasteiger partial charge on any atom is 0.289 e. The van der Waals surface area contributed by atoms with Crippen LogP contribution in [0.3, 0.4) is 0 Å². The van der Waals surface area contributed by atoms with Crippen molar-refractivity contribution in [2.75, 3.05) is 26.2 Å². The predicted molar refractivity (Wildman–Crippen MR) is 90.9 cm³/mol. The minimum absolute atomic E-state index is 0.0129. The molecule has 0 radical (unpaired) electrons. The third kappa shape index (κ3) is 3.00. The highest BCUT2D eigenvalue weighted by Crippen LogP contribution is 2.14. The summed E-state index contributed by atoms with van der Waals surface area (Å²) in [6.45, 7) is 2.25. The Morgan fingerprint density at radius 2 is 1.76 bits per heavy atom. The molecule has 128 valence electrons. The smallest absolute Gasteiger partial charge is 0.289 e. The second-order valence-electron chi connectivity index (χ2n) is 6.01. The van der Waals surface area contributed by atoms with Gasteiger partial charge in [0.05, 0.1) is 18.0 Å². The fourth-order valence-electron chi connectivity index (χ4n) is 3.09. The minimum Gasteiger partial charge on any atom is -0.459 e. The minimum atomic E-state index is -0.129. The van der Waals surface area contributed by atoms with Crippen LogP contribution in [0.4, 0.5) is 0 Å². The molecule has 0 N–H and O–H groups in total. The molecule has 3 heterocycles. The Kier molecular flexibility index (Phi) is 3.97. The molecule has 7 heteroatoms. The van der Waals surface area contributed by atoms with Gasteiger partial charge >= 0.3 is 0 Å². The maximum absolute atomic E-state index is 12.6. The number of hydrogen-bond acceptors (Lipinski definition) is 4. The summed E-state index contributed by atoms with van der Waals surface area (Å²) in [6, 6.07) is 11.2. The number of para-hydroxylation sites is 1. The number of carbonyl (C=O) groups is 2. The van der Waals surface area contributed by atoms with Crippen molar-refractivity contribution < 1.29 is 14.0 Å². The molecule has 25 heavy (non-hydrogen) atoms. The van der Waals surface area contributed by atoms with Crippen molar-refractivity contribution in [1.82, 2.24) is 19.6 Å². The van der Waals surface area contributed by atoms with Crippen molar-refractivity contribution in [2.45, 2.75) is 6.54 Å². The first-order valence-corrected chi connectivity index (χ1v) is 8.23. The molecule has 7 nitrogen and oxygen atoms in total. The Morgan fingerprint density at radius 3 is 2.52 bits per heavy atom. The van der Waals surface area contributed by atoms with Crippen LogP contribution in [0.5, 0.6) is 0 Å². The van der Waals surface area contributed by atoms with E-state index in [0.29, 0.717) is 31.9 Å². The van der Waals surface area contributed by atoms with E-state index in [2.05, 4.69) is 5.10 Å². The third-order valence-corrected chi connectivity index (χ3v) is 4.49. The van der Waals surface area contributed by atoms with Gasteiger partial charge < -0.3 is 14.2 Å². The molecule has 1 fully saturated rings. The molecule has 0 aliphatic carbocycles. The fraction of sp³-hybridized carbons (Fsp3) is 0.278. The van der Waals surface area contributed by atoms with Crippen LogP contribution in [-0.2, 0) is 11.3 Å². The van der Waals surface area contributed by atoms with Crippen LogP contribution < -0.4 is 0 Å². The summed E-state index contributed by atoms with van der Waals surface area (Å²) in [5.74, 6) is 0.219. The van der Waals surface area contributed by atoms with Gasteiger partial charge in [-0.05, 0) is 18.2 Å². The topological polar surface area (TPSA) is 71.6 Å². The molecule has 2 aromatic heterocycles. The zero-order valence-electron chi connectivity index (χ0n) is 13.7. The first-order valence-electron chi connectivity index (χ1n) is 8.23. The lowest BCUT2D eigenvalue weighted by Gasteiger charge is -2.34. The van der Waals surface area contributed by atoms with E-state index in [1.54, 1.807) is 32.8 Å². The molecule has 1 aliphatic heterocycles. The van der Waals surface area contributed by atoms with Crippen molar-refractivity contribution >= 4 is 22.7 Å². The number of nitrogens with zero attached hydrogens (tertiary/aromatic N) is 4. The van der Waals surface area contributed by atoms with Crippen molar-refractivity contribution in [1.29, 1.82) is 0 Å². The highest BCUT2D eigenvalue weighted by atomic mass is 16.3. The first-order chi connectivity index (χ1) is 12.2. The van der Waals surface area contributed by atoms with Crippen LogP contribution in [0, 0.1) is 0 Å². The van der Waals surface area contributed by atoms with E-state index in [0.717, 1.165) is 10.9 Å². The second-order valence-corrected chi connectivity index (χ2v) is 6.01. The van der Waals surface area contributed by atoms with E-state index in [1.807, 2.05) is 24.3 Å². The van der Waals surface area contributed by atoms with E-state index in [9.17, 15) is 9.59 Å². The third-order valence-electron chi connectivity index (χ3n) is 4.49. The first kappa shape index (κ1) is 15.4. The number of rotatable bonds is 3. The van der Waals surface area contributed by atoms with Gasteiger partial charge in [-0.1, -0.05) is 18.2 Å². The quantitative estimate of drug-likeness (QED) is 0.727. The Balaban J connectivity index is 1.37. The lowest BCUT2D eigenvalue weighted by molar-refractivity contribution is -0.133. The van der Waals surface area contributed by atoms with Crippen molar-refractivity contribution in [2.24, 2.45) is 0 Å². The van der Waals surface area contributed by atoms with E-state index >= 15 is 0 Å². The van der Waals surface area contributed by atoms with Gasteiger partial charge in [0.1, 0.15) is 6.54 Å². The molecule has 0 spiro atoms. The summed E-state index contributed by atoms with van der Waals surface area (Å²) >= 11 is 0. The number of furan rings is 1. The summed E-state index contributed by atoms with van der Waals surface area (Å²) in [5.41, 5.74) is 0.947. The fourth-order valence-corrected chi connectivity index (χ4v) is 3.09. The molecule has 1 aliphatic rings. The maximum atomic E-state index is 12.6. The van der Waals surface area contributed by atoms with Crippen LogP contribution >= 0.6 is 0 Å². The van der Waals surface area contributed by atoms with Gasteiger partial charge in [0.2, 0.25) is 5.91 Å². The highest BCUT2D eigenvalue weighted by molar-refractivity contribution is 5.91.